The van der Waals surface area contributed by atoms with Crippen LogP contribution in [0, 0.1) is 12.8 Å². The first-order valence-corrected chi connectivity index (χ1v) is 5.57. The van der Waals surface area contributed by atoms with Gasteiger partial charge in [-0.05, 0) is 37.8 Å². The van der Waals surface area contributed by atoms with Crippen molar-refractivity contribution in [2.24, 2.45) is 5.92 Å². The normalized spacial score (nSPS) is 23.7. The quantitative estimate of drug-likeness (QED) is 0.790. The van der Waals surface area contributed by atoms with E-state index in [0.29, 0.717) is 5.92 Å². The van der Waals surface area contributed by atoms with Gasteiger partial charge in [-0.3, -0.25) is 4.98 Å². The number of β-amino-alcohol motifs (C(OH)–C–C–N with tert-alkyl or cyclic N) is 1. The van der Waals surface area contributed by atoms with E-state index in [0.717, 1.165) is 18.8 Å². The van der Waals surface area contributed by atoms with E-state index in [4.69, 9.17) is 0 Å². The Morgan fingerprint density at radius 2 is 2.20 bits per heavy atom. The number of hydrogen-bond acceptors (Lipinski definition) is 3. The summed E-state index contributed by atoms with van der Waals surface area (Å²) in [7, 11) is 0. The monoisotopic (exact) mass is 204 g/mol. The minimum Gasteiger partial charge on any atom is -0.386 e. The molecule has 3 rings (SSSR count). The number of aromatic nitrogens is 1. The highest BCUT2D eigenvalue weighted by Gasteiger charge is 2.51. The lowest BCUT2D eigenvalue weighted by atomic mass is 9.88. The van der Waals surface area contributed by atoms with Crippen molar-refractivity contribution in [2.45, 2.75) is 25.4 Å². The molecule has 1 aromatic heterocycles. The van der Waals surface area contributed by atoms with Gasteiger partial charge in [0.25, 0.3) is 0 Å². The highest BCUT2D eigenvalue weighted by molar-refractivity contribution is 5.50. The van der Waals surface area contributed by atoms with Crippen LogP contribution in [0.5, 0.6) is 0 Å². The Balaban J connectivity index is 1.71. The van der Waals surface area contributed by atoms with Gasteiger partial charge in [0.15, 0.2) is 0 Å². The molecular formula is C12H16N2O. The van der Waals surface area contributed by atoms with Gasteiger partial charge in [-0.1, -0.05) is 0 Å². The van der Waals surface area contributed by atoms with Crippen LogP contribution < -0.4 is 4.90 Å². The lowest BCUT2D eigenvalue weighted by molar-refractivity contribution is -0.00931. The molecule has 1 saturated carbocycles. The number of rotatable bonds is 2. The number of pyridine rings is 1. The van der Waals surface area contributed by atoms with Gasteiger partial charge in [0.2, 0.25) is 0 Å². The first kappa shape index (κ1) is 9.16. The summed E-state index contributed by atoms with van der Waals surface area (Å²) >= 11 is 0. The number of anilines is 1. The highest BCUT2D eigenvalue weighted by Crippen LogP contribution is 2.45. The van der Waals surface area contributed by atoms with Gasteiger partial charge in [0, 0.05) is 30.7 Å². The van der Waals surface area contributed by atoms with E-state index < -0.39 is 5.60 Å². The zero-order valence-corrected chi connectivity index (χ0v) is 8.98. The molecule has 1 saturated heterocycles. The molecule has 2 heterocycles. The second kappa shape index (κ2) is 2.95. The Morgan fingerprint density at radius 1 is 1.47 bits per heavy atom. The van der Waals surface area contributed by atoms with Crippen LogP contribution in [0.15, 0.2) is 18.3 Å². The van der Waals surface area contributed by atoms with Crippen LogP contribution >= 0.6 is 0 Å². The van der Waals surface area contributed by atoms with Crippen molar-refractivity contribution in [2.75, 3.05) is 18.0 Å². The molecule has 15 heavy (non-hydrogen) atoms. The molecule has 0 aromatic carbocycles. The van der Waals surface area contributed by atoms with Crippen LogP contribution in [-0.2, 0) is 0 Å². The summed E-state index contributed by atoms with van der Waals surface area (Å²) in [6.07, 6.45) is 4.25. The maximum atomic E-state index is 10.2. The van der Waals surface area contributed by atoms with E-state index in [-0.39, 0.29) is 0 Å². The van der Waals surface area contributed by atoms with Crippen molar-refractivity contribution in [1.29, 1.82) is 0 Å². The predicted molar refractivity (Wildman–Crippen MR) is 58.9 cm³/mol. The average Bonchev–Trinajstić information content (AvgIpc) is 2.96. The summed E-state index contributed by atoms with van der Waals surface area (Å²) in [6.45, 7) is 3.58. The molecule has 1 aliphatic heterocycles. The van der Waals surface area contributed by atoms with Crippen molar-refractivity contribution >= 4 is 5.69 Å². The summed E-state index contributed by atoms with van der Waals surface area (Å²) in [5, 5.41) is 10.2. The Hall–Kier alpha value is -1.09. The standard InChI is InChI=1S/C12H16N2O/c1-9-6-11(4-5-13-9)14-7-12(15,8-14)10-2-3-10/h4-6,10,15H,2-3,7-8H2,1H3. The number of nitrogens with zero attached hydrogens (tertiary/aromatic N) is 2. The fraction of sp³-hybridized carbons (Fsp3) is 0.583. The molecule has 0 radical (unpaired) electrons. The Morgan fingerprint density at radius 3 is 2.80 bits per heavy atom. The Labute approximate surface area is 89.7 Å². The fourth-order valence-corrected chi connectivity index (χ4v) is 2.40. The average molecular weight is 204 g/mol. The summed E-state index contributed by atoms with van der Waals surface area (Å²) in [5.74, 6) is 0.566. The SMILES string of the molecule is Cc1cc(N2CC(O)(C3CC3)C2)ccn1. The molecule has 0 atom stereocenters. The number of aliphatic hydroxyl groups is 1. The molecular weight excluding hydrogens is 188 g/mol. The van der Waals surface area contributed by atoms with Gasteiger partial charge in [-0.15, -0.1) is 0 Å². The van der Waals surface area contributed by atoms with Gasteiger partial charge in [-0.25, -0.2) is 0 Å². The zero-order chi connectivity index (χ0) is 10.5. The number of hydrogen-bond donors (Lipinski definition) is 1. The molecule has 1 aliphatic carbocycles. The lowest BCUT2D eigenvalue weighted by Crippen LogP contribution is -2.63. The maximum absolute atomic E-state index is 10.2. The van der Waals surface area contributed by atoms with Gasteiger partial charge in [0.05, 0.1) is 0 Å². The van der Waals surface area contributed by atoms with Crippen LogP contribution in [0.4, 0.5) is 5.69 Å². The molecule has 80 valence electrons. The largest absolute Gasteiger partial charge is 0.386 e. The molecule has 1 N–H and O–H groups in total. The summed E-state index contributed by atoms with van der Waals surface area (Å²) in [5.41, 5.74) is 1.83. The molecule has 0 spiro atoms. The van der Waals surface area contributed by atoms with Gasteiger partial charge in [-0.2, -0.15) is 0 Å². The molecule has 3 heteroatoms. The molecule has 2 aliphatic rings. The molecule has 0 amide bonds. The van der Waals surface area contributed by atoms with Crippen molar-refractivity contribution < 1.29 is 5.11 Å². The van der Waals surface area contributed by atoms with E-state index in [1.807, 2.05) is 19.2 Å². The van der Waals surface area contributed by atoms with Crippen LogP contribution in [0.25, 0.3) is 0 Å². The van der Waals surface area contributed by atoms with E-state index in [1.54, 1.807) is 0 Å². The van der Waals surface area contributed by atoms with Crippen molar-refractivity contribution in [1.82, 2.24) is 4.98 Å². The second-order valence-corrected chi connectivity index (χ2v) is 4.89. The minimum absolute atomic E-state index is 0.392. The van der Waals surface area contributed by atoms with E-state index in [1.165, 1.54) is 18.5 Å². The minimum atomic E-state index is -0.392. The third-order valence-electron chi connectivity index (χ3n) is 3.51. The number of aryl methyl sites for hydroxylation is 1. The third-order valence-corrected chi connectivity index (χ3v) is 3.51. The first-order valence-electron chi connectivity index (χ1n) is 5.57. The van der Waals surface area contributed by atoms with Crippen LogP contribution in [0.1, 0.15) is 18.5 Å². The van der Waals surface area contributed by atoms with Gasteiger partial charge >= 0.3 is 0 Å². The third kappa shape index (κ3) is 1.51. The fourth-order valence-electron chi connectivity index (χ4n) is 2.40. The van der Waals surface area contributed by atoms with E-state index in [2.05, 4.69) is 16.0 Å². The molecule has 3 nitrogen and oxygen atoms in total. The van der Waals surface area contributed by atoms with Gasteiger partial charge < -0.3 is 10.0 Å². The molecule has 0 bridgehead atoms. The lowest BCUT2D eigenvalue weighted by Gasteiger charge is -2.48. The van der Waals surface area contributed by atoms with E-state index >= 15 is 0 Å². The smallest absolute Gasteiger partial charge is 0.102 e. The van der Waals surface area contributed by atoms with E-state index in [9.17, 15) is 5.11 Å². The maximum Gasteiger partial charge on any atom is 0.102 e. The van der Waals surface area contributed by atoms with Crippen LogP contribution in [0.3, 0.4) is 0 Å². The molecule has 0 unspecified atom stereocenters. The summed E-state index contributed by atoms with van der Waals surface area (Å²) in [4.78, 5) is 6.40. The Bertz CT molecular complexity index is 381. The van der Waals surface area contributed by atoms with Crippen molar-refractivity contribution in [3.05, 3.63) is 24.0 Å². The first-order chi connectivity index (χ1) is 7.17. The van der Waals surface area contributed by atoms with Crippen molar-refractivity contribution in [3.63, 3.8) is 0 Å². The summed E-state index contributed by atoms with van der Waals surface area (Å²) in [6, 6.07) is 4.09. The second-order valence-electron chi connectivity index (χ2n) is 4.89. The van der Waals surface area contributed by atoms with Crippen LogP contribution in [0.2, 0.25) is 0 Å². The van der Waals surface area contributed by atoms with Gasteiger partial charge in [0.1, 0.15) is 5.60 Å². The highest BCUT2D eigenvalue weighted by atomic mass is 16.3. The molecule has 2 fully saturated rings. The van der Waals surface area contributed by atoms with Crippen molar-refractivity contribution in [3.8, 4) is 0 Å². The molecule has 1 aromatic rings. The van der Waals surface area contributed by atoms with Crippen LogP contribution in [-0.4, -0.2) is 28.8 Å². The predicted octanol–water partition coefficient (Wildman–Crippen LogP) is 1.35. The Kier molecular flexibility index (Phi) is 1.80. The zero-order valence-electron chi connectivity index (χ0n) is 8.98. The topological polar surface area (TPSA) is 36.4 Å². The summed E-state index contributed by atoms with van der Waals surface area (Å²) < 4.78 is 0.